The first-order valence-corrected chi connectivity index (χ1v) is 10.0. The topological polar surface area (TPSA) is 23.6 Å². The summed E-state index contributed by atoms with van der Waals surface area (Å²) in [4.78, 5) is 17.1. The van der Waals surface area contributed by atoms with Gasteiger partial charge >= 0.3 is 0 Å². The van der Waals surface area contributed by atoms with E-state index in [1.54, 1.807) is 0 Å². The number of Topliss-reactive ketones (excluding diaryl/α,β-unsaturated/α-hetero) is 1. The quantitative estimate of drug-likeness (QED) is 0.736. The first-order chi connectivity index (χ1) is 11.1. The van der Waals surface area contributed by atoms with Crippen molar-refractivity contribution in [3.05, 3.63) is 0 Å². The highest BCUT2D eigenvalue weighted by Crippen LogP contribution is 2.24. The van der Waals surface area contributed by atoms with Gasteiger partial charge in [-0.05, 0) is 84.2 Å². The lowest BCUT2D eigenvalue weighted by molar-refractivity contribution is -0.127. The van der Waals surface area contributed by atoms with Crippen molar-refractivity contribution in [3.63, 3.8) is 0 Å². The largest absolute Gasteiger partial charge is 0.306 e. The van der Waals surface area contributed by atoms with Crippen LogP contribution in [0.2, 0.25) is 0 Å². The number of rotatable bonds is 6. The average Bonchev–Trinajstić information content (AvgIpc) is 2.58. The summed E-state index contributed by atoms with van der Waals surface area (Å²) >= 11 is 0. The molecular formula is C20H40N2O. The number of carbonyl (C=O) groups is 1. The molecule has 0 spiro atoms. The van der Waals surface area contributed by atoms with Gasteiger partial charge in [0, 0.05) is 11.8 Å². The standard InChI is InChI=1S/C18H34N2O.C2H6/c1-15(2)18(21)17-8-13-20(14-9-17)10-4-5-16-6-11-19(3)12-7-16;1-2/h15-17H,4-14H2,1-3H3;1-2H3. The Morgan fingerprint density at radius 1 is 1.00 bits per heavy atom. The van der Waals surface area contributed by atoms with Gasteiger partial charge in [-0.3, -0.25) is 4.79 Å². The maximum Gasteiger partial charge on any atom is 0.138 e. The van der Waals surface area contributed by atoms with Gasteiger partial charge in [-0.15, -0.1) is 0 Å². The Morgan fingerprint density at radius 3 is 2.09 bits per heavy atom. The number of nitrogens with zero attached hydrogens (tertiary/aromatic N) is 2. The zero-order chi connectivity index (χ0) is 17.2. The molecule has 2 aliphatic rings. The van der Waals surface area contributed by atoms with E-state index in [0.717, 1.165) is 31.8 Å². The van der Waals surface area contributed by atoms with Gasteiger partial charge in [0.15, 0.2) is 0 Å². The Kier molecular flexibility index (Phi) is 10.0. The summed E-state index contributed by atoms with van der Waals surface area (Å²) in [5.41, 5.74) is 0. The van der Waals surface area contributed by atoms with Gasteiger partial charge in [-0.25, -0.2) is 0 Å². The fourth-order valence-corrected chi connectivity index (χ4v) is 3.87. The monoisotopic (exact) mass is 324 g/mol. The molecule has 0 bridgehead atoms. The molecule has 0 N–H and O–H groups in total. The summed E-state index contributed by atoms with van der Waals surface area (Å²) in [7, 11) is 2.23. The van der Waals surface area contributed by atoms with E-state index in [4.69, 9.17) is 0 Å². The second-order valence-electron chi connectivity index (χ2n) is 7.56. The molecule has 3 heteroatoms. The van der Waals surface area contributed by atoms with Crippen LogP contribution in [0.4, 0.5) is 0 Å². The Balaban J connectivity index is 0.00000127. The van der Waals surface area contributed by atoms with E-state index < -0.39 is 0 Å². The van der Waals surface area contributed by atoms with Crippen molar-refractivity contribution >= 4 is 5.78 Å². The van der Waals surface area contributed by atoms with Crippen LogP contribution in [0, 0.1) is 17.8 Å². The molecule has 0 aromatic heterocycles. The molecule has 0 radical (unpaired) electrons. The van der Waals surface area contributed by atoms with Crippen LogP contribution in [0.3, 0.4) is 0 Å². The molecule has 0 atom stereocenters. The van der Waals surface area contributed by atoms with E-state index in [-0.39, 0.29) is 5.92 Å². The molecule has 0 aliphatic carbocycles. The molecule has 2 heterocycles. The number of hydrogen-bond donors (Lipinski definition) is 0. The van der Waals surface area contributed by atoms with Gasteiger partial charge in [-0.1, -0.05) is 27.7 Å². The Bertz CT molecular complexity index is 314. The van der Waals surface area contributed by atoms with Crippen LogP contribution in [-0.2, 0) is 4.79 Å². The molecule has 3 nitrogen and oxygen atoms in total. The normalized spacial score (nSPS) is 22.0. The second kappa shape index (κ2) is 11.2. The van der Waals surface area contributed by atoms with Crippen molar-refractivity contribution < 1.29 is 4.79 Å². The second-order valence-corrected chi connectivity index (χ2v) is 7.56. The van der Waals surface area contributed by atoms with Crippen LogP contribution in [-0.4, -0.2) is 55.4 Å². The Hall–Kier alpha value is -0.410. The SMILES string of the molecule is CC.CC(C)C(=O)C1CCN(CCCC2CCN(C)CC2)CC1. The van der Waals surface area contributed by atoms with E-state index in [1.165, 1.54) is 45.3 Å². The molecule has 2 rings (SSSR count). The van der Waals surface area contributed by atoms with E-state index >= 15 is 0 Å². The molecule has 136 valence electrons. The number of hydrogen-bond acceptors (Lipinski definition) is 3. The zero-order valence-electron chi connectivity index (χ0n) is 16.3. The number of ketones is 1. The lowest BCUT2D eigenvalue weighted by Crippen LogP contribution is -2.38. The maximum absolute atomic E-state index is 12.0. The third-order valence-electron chi connectivity index (χ3n) is 5.48. The van der Waals surface area contributed by atoms with Crippen molar-refractivity contribution in [2.45, 2.75) is 66.2 Å². The lowest BCUT2D eigenvalue weighted by Gasteiger charge is -2.33. The van der Waals surface area contributed by atoms with Crippen molar-refractivity contribution in [1.29, 1.82) is 0 Å². The molecule has 0 saturated carbocycles. The summed E-state index contributed by atoms with van der Waals surface area (Å²) in [5, 5.41) is 0. The van der Waals surface area contributed by atoms with Crippen molar-refractivity contribution in [2.75, 3.05) is 39.8 Å². The highest BCUT2D eigenvalue weighted by molar-refractivity contribution is 5.82. The van der Waals surface area contributed by atoms with Gasteiger partial charge in [0.2, 0.25) is 0 Å². The average molecular weight is 325 g/mol. The molecule has 2 fully saturated rings. The summed E-state index contributed by atoms with van der Waals surface area (Å²) in [6.07, 6.45) is 7.70. The number of carbonyl (C=O) groups excluding carboxylic acids is 1. The van der Waals surface area contributed by atoms with Gasteiger partial charge in [0.1, 0.15) is 5.78 Å². The van der Waals surface area contributed by atoms with Gasteiger partial charge in [-0.2, -0.15) is 0 Å². The molecule has 0 amide bonds. The molecule has 2 aliphatic heterocycles. The maximum atomic E-state index is 12.0. The molecular weight excluding hydrogens is 284 g/mol. The van der Waals surface area contributed by atoms with Crippen LogP contribution in [0.5, 0.6) is 0 Å². The van der Waals surface area contributed by atoms with E-state index in [1.807, 2.05) is 27.7 Å². The van der Waals surface area contributed by atoms with Crippen LogP contribution in [0.1, 0.15) is 66.2 Å². The lowest BCUT2D eigenvalue weighted by atomic mass is 9.87. The van der Waals surface area contributed by atoms with E-state index in [0.29, 0.717) is 11.7 Å². The van der Waals surface area contributed by atoms with E-state index in [9.17, 15) is 4.79 Å². The highest BCUT2D eigenvalue weighted by atomic mass is 16.1. The van der Waals surface area contributed by atoms with Crippen molar-refractivity contribution in [1.82, 2.24) is 9.80 Å². The summed E-state index contributed by atoms with van der Waals surface area (Å²) in [5.74, 6) is 2.00. The van der Waals surface area contributed by atoms with Crippen LogP contribution in [0.15, 0.2) is 0 Å². The smallest absolute Gasteiger partial charge is 0.138 e. The zero-order valence-corrected chi connectivity index (χ0v) is 16.3. The first kappa shape index (κ1) is 20.6. The van der Waals surface area contributed by atoms with Crippen molar-refractivity contribution in [3.8, 4) is 0 Å². The molecule has 0 aromatic carbocycles. The molecule has 2 saturated heterocycles. The minimum atomic E-state index is 0.214. The van der Waals surface area contributed by atoms with Gasteiger partial charge in [0.05, 0.1) is 0 Å². The highest BCUT2D eigenvalue weighted by Gasteiger charge is 2.26. The fraction of sp³-hybridized carbons (Fsp3) is 0.950. The number of likely N-dealkylation sites (tertiary alicyclic amines) is 2. The summed E-state index contributed by atoms with van der Waals surface area (Å²) in [6, 6.07) is 0. The van der Waals surface area contributed by atoms with Crippen LogP contribution in [0.25, 0.3) is 0 Å². The minimum Gasteiger partial charge on any atom is -0.306 e. The van der Waals surface area contributed by atoms with Gasteiger partial charge < -0.3 is 9.80 Å². The fourth-order valence-electron chi connectivity index (χ4n) is 3.87. The predicted octanol–water partition coefficient (Wildman–Crippen LogP) is 4.07. The summed E-state index contributed by atoms with van der Waals surface area (Å²) in [6.45, 7) is 14.2. The molecule has 23 heavy (non-hydrogen) atoms. The molecule has 0 unspecified atom stereocenters. The van der Waals surface area contributed by atoms with E-state index in [2.05, 4.69) is 16.8 Å². The van der Waals surface area contributed by atoms with Crippen molar-refractivity contribution in [2.24, 2.45) is 17.8 Å². The Morgan fingerprint density at radius 2 is 1.57 bits per heavy atom. The third kappa shape index (κ3) is 7.34. The Labute approximate surface area is 144 Å². The predicted molar refractivity (Wildman–Crippen MR) is 99.8 cm³/mol. The van der Waals surface area contributed by atoms with Crippen LogP contribution < -0.4 is 0 Å². The van der Waals surface area contributed by atoms with Gasteiger partial charge in [0.25, 0.3) is 0 Å². The summed E-state index contributed by atoms with van der Waals surface area (Å²) < 4.78 is 0. The first-order valence-electron chi connectivity index (χ1n) is 10.0. The van der Waals surface area contributed by atoms with Crippen LogP contribution >= 0.6 is 0 Å². The third-order valence-corrected chi connectivity index (χ3v) is 5.48. The number of piperidine rings is 2. The minimum absolute atomic E-state index is 0.214. The molecule has 0 aromatic rings.